The summed E-state index contributed by atoms with van der Waals surface area (Å²) >= 11 is 1.13. The summed E-state index contributed by atoms with van der Waals surface area (Å²) in [4.78, 5) is 39.4. The Balaban J connectivity index is 1.99. The molecular weight excluding hydrogens is 671 g/mol. The number of hydrogen-bond acceptors (Lipinski definition) is 6. The molecule has 3 rings (SSSR count). The van der Waals surface area contributed by atoms with Gasteiger partial charge in [0.05, 0.1) is 11.8 Å². The Labute approximate surface area is 294 Å². The number of nitrogens with zero attached hydrogens (tertiary/aromatic N) is 2. The first-order chi connectivity index (χ1) is 23.0. The van der Waals surface area contributed by atoms with Crippen molar-refractivity contribution in [1.82, 2.24) is 14.8 Å². The fourth-order valence-electron chi connectivity index (χ4n) is 5.31. The predicted molar refractivity (Wildman–Crippen MR) is 196 cm³/mol. The zero-order valence-corrected chi connectivity index (χ0v) is 30.8. The molecule has 2 aromatic carbocycles. The van der Waals surface area contributed by atoms with Gasteiger partial charge in [0, 0.05) is 54.2 Å². The van der Waals surface area contributed by atoms with Gasteiger partial charge in [0.1, 0.15) is 24.3 Å². The van der Waals surface area contributed by atoms with E-state index in [0.717, 1.165) is 41.3 Å². The van der Waals surface area contributed by atoms with Crippen molar-refractivity contribution in [2.75, 3.05) is 55.7 Å². The van der Waals surface area contributed by atoms with E-state index in [1.807, 2.05) is 55.7 Å². The summed E-state index contributed by atoms with van der Waals surface area (Å²) in [5.41, 5.74) is 7.41. The van der Waals surface area contributed by atoms with Gasteiger partial charge in [0.25, 0.3) is 0 Å². The Morgan fingerprint density at radius 1 is 1.08 bits per heavy atom. The predicted octanol–water partition coefficient (Wildman–Crippen LogP) is 6.35. The van der Waals surface area contributed by atoms with Crippen LogP contribution in [0, 0.1) is 17.0 Å². The van der Waals surface area contributed by atoms with Crippen LogP contribution in [0.5, 0.6) is 0 Å². The number of aliphatic carboxylic acids is 1. The molecule has 4 N–H and O–H groups in total. The number of alkyl carbamates (subject to hydrolysis) is 1. The average molecular weight is 721 g/mol. The lowest BCUT2D eigenvalue weighted by molar-refractivity contribution is -0.138. The van der Waals surface area contributed by atoms with Crippen molar-refractivity contribution in [2.45, 2.75) is 45.8 Å². The van der Waals surface area contributed by atoms with Gasteiger partial charge in [-0.1, -0.05) is 51.1 Å². The van der Waals surface area contributed by atoms with Crippen molar-refractivity contribution in [3.63, 3.8) is 0 Å². The van der Waals surface area contributed by atoms with Crippen molar-refractivity contribution in [3.8, 4) is 11.1 Å². The third kappa shape index (κ3) is 12.7. The highest BCUT2D eigenvalue weighted by molar-refractivity contribution is 8.32. The van der Waals surface area contributed by atoms with E-state index < -0.39 is 51.2 Å². The molecule has 0 aliphatic carbocycles. The van der Waals surface area contributed by atoms with Crippen LogP contribution in [0.25, 0.3) is 11.1 Å². The van der Waals surface area contributed by atoms with E-state index in [1.54, 1.807) is 17.2 Å². The van der Waals surface area contributed by atoms with E-state index in [4.69, 9.17) is 10.5 Å². The number of halogens is 2. The summed E-state index contributed by atoms with van der Waals surface area (Å²) in [5, 5.41) is 12.0. The molecule has 0 aliphatic heterocycles. The Morgan fingerprint density at radius 2 is 1.78 bits per heavy atom. The number of aromatic nitrogens is 1. The van der Waals surface area contributed by atoms with Gasteiger partial charge >= 0.3 is 12.1 Å². The van der Waals surface area contributed by atoms with Gasteiger partial charge in [-0.3, -0.25) is 9.59 Å². The Hall–Kier alpha value is -3.55. The van der Waals surface area contributed by atoms with Crippen molar-refractivity contribution >= 4 is 39.8 Å². The molecule has 0 saturated heterocycles. The monoisotopic (exact) mass is 720 g/mol. The SMILES string of the molecule is CC(C)(C)[C@H](c1cc(-c2cc(F)ccc2F)cn1Cc1ccccc1)N(CCCNC(=O)OCCS(C)(C)C)C(=O)CSC[C@H](N)C(=O)O. The van der Waals surface area contributed by atoms with Gasteiger partial charge in [-0.05, 0) is 60.4 Å². The molecule has 1 aromatic heterocycles. The number of thioether (sulfide) groups is 1. The summed E-state index contributed by atoms with van der Waals surface area (Å²) in [7, 11) is -0.811. The van der Waals surface area contributed by atoms with Crippen LogP contribution in [-0.2, 0) is 20.9 Å². The number of amides is 2. The summed E-state index contributed by atoms with van der Waals surface area (Å²) < 4.78 is 36.7. The first-order valence-corrected chi connectivity index (χ1v) is 20.3. The first kappa shape index (κ1) is 39.9. The summed E-state index contributed by atoms with van der Waals surface area (Å²) in [6.07, 6.45) is 8.10. The van der Waals surface area contributed by atoms with Crippen LogP contribution in [0.1, 0.15) is 44.5 Å². The maximum absolute atomic E-state index is 15.1. The normalized spacial score (nSPS) is 13.4. The van der Waals surface area contributed by atoms with E-state index in [-0.39, 0.29) is 36.1 Å². The number of benzene rings is 2. The number of carbonyl (C=O) groups excluding carboxylic acids is 2. The van der Waals surface area contributed by atoms with Gasteiger partial charge < -0.3 is 30.4 Å². The highest BCUT2D eigenvalue weighted by Crippen LogP contribution is 2.41. The first-order valence-electron chi connectivity index (χ1n) is 16.1. The van der Waals surface area contributed by atoms with Crippen LogP contribution in [0.15, 0.2) is 60.8 Å². The fraction of sp³-hybridized carbons (Fsp3) is 0.472. The molecule has 0 aliphatic rings. The van der Waals surface area contributed by atoms with Crippen LogP contribution < -0.4 is 11.1 Å². The molecule has 13 heteroatoms. The van der Waals surface area contributed by atoms with E-state index >= 15 is 4.39 Å². The molecule has 2 amide bonds. The highest BCUT2D eigenvalue weighted by Gasteiger charge is 2.37. The Bertz CT molecular complexity index is 1560. The number of hydrogen-bond donors (Lipinski definition) is 3. The largest absolute Gasteiger partial charge is 0.480 e. The molecule has 0 saturated carbocycles. The van der Waals surface area contributed by atoms with Gasteiger partial charge in [0.15, 0.2) is 0 Å². The third-order valence-corrected chi connectivity index (χ3v) is 10.1. The van der Waals surface area contributed by atoms with Gasteiger partial charge in [-0.15, -0.1) is 11.8 Å². The maximum Gasteiger partial charge on any atom is 0.407 e. The highest BCUT2D eigenvalue weighted by atomic mass is 32.3. The van der Waals surface area contributed by atoms with Crippen molar-refractivity contribution in [1.29, 1.82) is 0 Å². The summed E-state index contributed by atoms with van der Waals surface area (Å²) in [6, 6.07) is 13.2. The van der Waals surface area contributed by atoms with E-state index in [1.165, 1.54) is 0 Å². The smallest absolute Gasteiger partial charge is 0.407 e. The molecule has 1 heterocycles. The average Bonchev–Trinajstić information content (AvgIpc) is 3.41. The lowest BCUT2D eigenvalue weighted by Crippen LogP contribution is -2.44. The van der Waals surface area contributed by atoms with Crippen LogP contribution in [0.2, 0.25) is 0 Å². The maximum atomic E-state index is 15.1. The zero-order chi connectivity index (χ0) is 36.4. The van der Waals surface area contributed by atoms with Crippen LogP contribution in [0.4, 0.5) is 13.6 Å². The minimum atomic E-state index is -1.15. The second-order valence-electron chi connectivity index (χ2n) is 13.9. The standard InChI is InChI=1S/C36H50F2N4O5S2/c1-36(2,3)33(31-19-26(28-20-27(37)13-14-29(28)38)22-41(31)21-25-11-8-7-9-12-25)42(32(43)24-48-23-30(39)34(44)45)16-10-15-40-35(46)47-17-18-49(4,5)6/h7-9,11-14,19-20,22,30,33H,10,15-18,21,23-24,39H2,1-6H3,(H,40,46)(H,44,45)/t30-,33-/m0/s1. The molecule has 0 unspecified atom stereocenters. The lowest BCUT2D eigenvalue weighted by atomic mass is 9.83. The summed E-state index contributed by atoms with van der Waals surface area (Å²) in [5.74, 6) is -1.72. The molecule has 0 radical (unpaired) electrons. The van der Waals surface area contributed by atoms with Crippen molar-refractivity contribution in [2.24, 2.45) is 11.1 Å². The topological polar surface area (TPSA) is 127 Å². The van der Waals surface area contributed by atoms with Crippen molar-refractivity contribution in [3.05, 3.63) is 83.7 Å². The number of carboxylic acid groups (broad SMARTS) is 1. The van der Waals surface area contributed by atoms with Crippen molar-refractivity contribution < 1.29 is 33.0 Å². The second-order valence-corrected chi connectivity index (χ2v) is 19.5. The minimum absolute atomic E-state index is 0.0249. The molecule has 49 heavy (non-hydrogen) atoms. The van der Waals surface area contributed by atoms with Crippen LogP contribution in [-0.4, -0.2) is 94.3 Å². The zero-order valence-electron chi connectivity index (χ0n) is 29.2. The van der Waals surface area contributed by atoms with Crippen LogP contribution >= 0.6 is 21.8 Å². The molecule has 0 fully saturated rings. The Morgan fingerprint density at radius 3 is 2.41 bits per heavy atom. The molecular formula is C36H50F2N4O5S2. The Kier molecular flexibility index (Phi) is 14.6. The minimum Gasteiger partial charge on any atom is -0.480 e. The molecule has 3 aromatic rings. The summed E-state index contributed by atoms with van der Waals surface area (Å²) in [6.45, 7) is 7.24. The van der Waals surface area contributed by atoms with E-state index in [9.17, 15) is 23.9 Å². The third-order valence-electron chi connectivity index (χ3n) is 7.71. The molecule has 9 nitrogen and oxygen atoms in total. The molecule has 0 bridgehead atoms. The molecule has 270 valence electrons. The van der Waals surface area contributed by atoms with E-state index in [0.29, 0.717) is 30.8 Å². The van der Waals surface area contributed by atoms with Gasteiger partial charge in [-0.2, -0.15) is 0 Å². The quantitative estimate of drug-likeness (QED) is 0.139. The van der Waals surface area contributed by atoms with Crippen LogP contribution in [0.3, 0.4) is 0 Å². The van der Waals surface area contributed by atoms with E-state index in [2.05, 4.69) is 24.1 Å². The number of rotatable bonds is 17. The lowest BCUT2D eigenvalue weighted by Gasteiger charge is -2.41. The molecule has 2 atom stereocenters. The second kappa shape index (κ2) is 17.9. The number of carbonyl (C=O) groups is 3. The number of nitrogens with one attached hydrogen (secondary N) is 1. The van der Waals surface area contributed by atoms with Gasteiger partial charge in [0.2, 0.25) is 5.91 Å². The number of nitrogens with two attached hydrogens (primary N) is 1. The molecule has 0 spiro atoms. The number of ether oxygens (including phenoxy) is 1. The van der Waals surface area contributed by atoms with Gasteiger partial charge in [-0.25, -0.2) is 23.6 Å². The fourth-order valence-corrected chi connectivity index (χ4v) is 6.75. The number of carboxylic acids is 1.